The SMILES string of the molecule is CCCCCCCCCC(CCCCCCCCC)(C(=O)O)C(=O)O.[LiH]. The van der Waals surface area contributed by atoms with Crippen LogP contribution in [0.1, 0.15) is 117 Å². The van der Waals surface area contributed by atoms with Gasteiger partial charge in [-0.05, 0) is 12.8 Å². The molecule has 2 N–H and O–H groups in total. The van der Waals surface area contributed by atoms with E-state index in [0.29, 0.717) is 12.8 Å². The van der Waals surface area contributed by atoms with Crippen LogP contribution in [0.4, 0.5) is 0 Å². The van der Waals surface area contributed by atoms with Crippen molar-refractivity contribution in [3.8, 4) is 0 Å². The minimum absolute atomic E-state index is 0. The number of hydrogen-bond acceptors (Lipinski definition) is 2. The van der Waals surface area contributed by atoms with Gasteiger partial charge in [-0.1, -0.05) is 104 Å². The van der Waals surface area contributed by atoms with Gasteiger partial charge in [0, 0.05) is 0 Å². The summed E-state index contributed by atoms with van der Waals surface area (Å²) in [6.07, 6.45) is 15.6. The Bertz CT molecular complexity index is 324. The Balaban J connectivity index is 0. The van der Waals surface area contributed by atoms with Crippen LogP contribution in [-0.4, -0.2) is 41.0 Å². The molecule has 150 valence electrons. The molecule has 0 amide bonds. The molecule has 0 rings (SSSR count). The van der Waals surface area contributed by atoms with E-state index in [9.17, 15) is 19.8 Å². The van der Waals surface area contributed by atoms with Crippen molar-refractivity contribution in [2.24, 2.45) is 5.41 Å². The molecule has 0 aromatic heterocycles. The summed E-state index contributed by atoms with van der Waals surface area (Å²) in [5.74, 6) is -2.31. The summed E-state index contributed by atoms with van der Waals surface area (Å²) in [6, 6.07) is 0. The zero-order chi connectivity index (χ0) is 19.0. The Morgan fingerprint density at radius 2 is 0.846 bits per heavy atom. The maximum atomic E-state index is 11.7. The van der Waals surface area contributed by atoms with Crippen molar-refractivity contribution in [1.29, 1.82) is 0 Å². The average molecular weight is 364 g/mol. The van der Waals surface area contributed by atoms with Gasteiger partial charge in [0.15, 0.2) is 5.41 Å². The van der Waals surface area contributed by atoms with Gasteiger partial charge in [0.1, 0.15) is 0 Å². The third-order valence-electron chi connectivity index (χ3n) is 5.23. The molecule has 0 unspecified atom stereocenters. The van der Waals surface area contributed by atoms with E-state index in [-0.39, 0.29) is 31.7 Å². The summed E-state index contributed by atoms with van der Waals surface area (Å²) >= 11 is 0. The zero-order valence-corrected chi connectivity index (χ0v) is 16.5. The number of unbranched alkanes of at least 4 members (excludes halogenated alkanes) is 12. The topological polar surface area (TPSA) is 74.6 Å². The van der Waals surface area contributed by atoms with Gasteiger partial charge in [-0.3, -0.25) is 9.59 Å². The van der Waals surface area contributed by atoms with Crippen LogP contribution >= 0.6 is 0 Å². The van der Waals surface area contributed by atoms with Crippen molar-refractivity contribution < 1.29 is 19.8 Å². The Hall–Kier alpha value is -0.463. The summed E-state index contributed by atoms with van der Waals surface area (Å²) in [6.45, 7) is 4.36. The third kappa shape index (κ3) is 12.0. The molecule has 0 saturated carbocycles. The molecule has 0 aliphatic heterocycles. The molecule has 0 aliphatic carbocycles. The molecule has 0 saturated heterocycles. The van der Waals surface area contributed by atoms with Gasteiger partial charge in [-0.25, -0.2) is 0 Å². The van der Waals surface area contributed by atoms with E-state index in [1.165, 1.54) is 51.4 Å². The van der Waals surface area contributed by atoms with Gasteiger partial charge in [0.25, 0.3) is 0 Å². The van der Waals surface area contributed by atoms with Crippen LogP contribution in [-0.2, 0) is 9.59 Å². The molecular formula is C21H41LiO4. The van der Waals surface area contributed by atoms with E-state index < -0.39 is 17.4 Å². The summed E-state index contributed by atoms with van der Waals surface area (Å²) in [7, 11) is 0. The van der Waals surface area contributed by atoms with E-state index in [2.05, 4.69) is 13.8 Å². The number of aliphatic carboxylic acids is 2. The normalized spacial score (nSPS) is 11.2. The van der Waals surface area contributed by atoms with E-state index in [4.69, 9.17) is 0 Å². The first kappa shape index (κ1) is 27.8. The Labute approximate surface area is 172 Å². The van der Waals surface area contributed by atoms with Crippen LogP contribution in [0.15, 0.2) is 0 Å². The van der Waals surface area contributed by atoms with Crippen molar-refractivity contribution in [2.75, 3.05) is 0 Å². The molecule has 26 heavy (non-hydrogen) atoms. The number of rotatable bonds is 18. The first-order chi connectivity index (χ1) is 12.0. The molecule has 0 aliphatic rings. The third-order valence-corrected chi connectivity index (χ3v) is 5.23. The molecule has 0 aromatic carbocycles. The van der Waals surface area contributed by atoms with Crippen LogP contribution in [0.2, 0.25) is 0 Å². The summed E-state index contributed by atoms with van der Waals surface area (Å²) < 4.78 is 0. The van der Waals surface area contributed by atoms with Gasteiger partial charge in [0.05, 0.1) is 0 Å². The Morgan fingerprint density at radius 3 is 1.12 bits per heavy atom. The van der Waals surface area contributed by atoms with Gasteiger partial charge in [-0.2, -0.15) is 0 Å². The van der Waals surface area contributed by atoms with E-state index >= 15 is 0 Å². The van der Waals surface area contributed by atoms with E-state index in [1.54, 1.807) is 0 Å². The van der Waals surface area contributed by atoms with Gasteiger partial charge < -0.3 is 10.2 Å². The van der Waals surface area contributed by atoms with Crippen LogP contribution in [0.25, 0.3) is 0 Å². The van der Waals surface area contributed by atoms with E-state index in [1.807, 2.05) is 0 Å². The molecule has 0 bridgehead atoms. The standard InChI is InChI=1S/C21H40O4.Li.H/c1-3-5-7-9-11-13-15-17-21(19(22)23,20(24)25)18-16-14-12-10-8-6-4-2;;/h3-18H2,1-2H3,(H,22,23)(H,24,25);;. The molecular weight excluding hydrogens is 323 g/mol. The summed E-state index contributed by atoms with van der Waals surface area (Å²) in [5.41, 5.74) is -1.58. The van der Waals surface area contributed by atoms with Crippen molar-refractivity contribution in [3.05, 3.63) is 0 Å². The maximum absolute atomic E-state index is 11.7. The number of carbonyl (C=O) groups is 2. The quantitative estimate of drug-likeness (QED) is 0.184. The van der Waals surface area contributed by atoms with Crippen molar-refractivity contribution in [1.82, 2.24) is 0 Å². The predicted molar refractivity (Wildman–Crippen MR) is 110 cm³/mol. The van der Waals surface area contributed by atoms with Crippen molar-refractivity contribution >= 4 is 30.8 Å². The van der Waals surface area contributed by atoms with Crippen molar-refractivity contribution in [3.63, 3.8) is 0 Å². The molecule has 0 heterocycles. The molecule has 0 radical (unpaired) electrons. The molecule has 0 atom stereocenters. The first-order valence-corrected chi connectivity index (χ1v) is 10.5. The number of carboxylic acids is 2. The van der Waals surface area contributed by atoms with Crippen LogP contribution in [0.3, 0.4) is 0 Å². The second-order valence-corrected chi connectivity index (χ2v) is 7.44. The van der Waals surface area contributed by atoms with Crippen LogP contribution in [0, 0.1) is 5.41 Å². The molecule has 5 heteroatoms. The van der Waals surface area contributed by atoms with E-state index in [0.717, 1.165) is 25.7 Å². The average Bonchev–Trinajstić information content (AvgIpc) is 2.57. The monoisotopic (exact) mass is 364 g/mol. The first-order valence-electron chi connectivity index (χ1n) is 10.5. The Morgan fingerprint density at radius 1 is 0.577 bits per heavy atom. The molecule has 0 spiro atoms. The van der Waals surface area contributed by atoms with Crippen LogP contribution < -0.4 is 0 Å². The second kappa shape index (κ2) is 17.9. The fourth-order valence-corrected chi connectivity index (χ4v) is 3.41. The number of hydrogen-bond donors (Lipinski definition) is 2. The minimum atomic E-state index is -1.58. The van der Waals surface area contributed by atoms with Gasteiger partial charge >= 0.3 is 30.8 Å². The molecule has 0 aromatic rings. The Kier molecular flexibility index (Phi) is 19.1. The summed E-state index contributed by atoms with van der Waals surface area (Å²) in [5, 5.41) is 19.1. The molecule has 4 nitrogen and oxygen atoms in total. The second-order valence-electron chi connectivity index (χ2n) is 7.44. The number of carboxylic acid groups (broad SMARTS) is 2. The fraction of sp³-hybridized carbons (Fsp3) is 0.905. The van der Waals surface area contributed by atoms with Crippen LogP contribution in [0.5, 0.6) is 0 Å². The predicted octanol–water partition coefficient (Wildman–Crippen LogP) is 5.77. The van der Waals surface area contributed by atoms with Gasteiger partial charge in [-0.15, -0.1) is 0 Å². The van der Waals surface area contributed by atoms with Gasteiger partial charge in [0.2, 0.25) is 0 Å². The van der Waals surface area contributed by atoms with Crippen molar-refractivity contribution in [2.45, 2.75) is 117 Å². The molecule has 0 fully saturated rings. The zero-order valence-electron chi connectivity index (χ0n) is 16.5. The summed E-state index contributed by atoms with van der Waals surface area (Å²) in [4.78, 5) is 23.4. The fourth-order valence-electron chi connectivity index (χ4n) is 3.41.